The fourth-order valence-corrected chi connectivity index (χ4v) is 3.91. The maximum atomic E-state index is 12.4. The topological polar surface area (TPSA) is 87.6 Å². The molecule has 2 N–H and O–H groups in total. The lowest BCUT2D eigenvalue weighted by Gasteiger charge is -2.09. The highest BCUT2D eigenvalue weighted by Crippen LogP contribution is 2.30. The van der Waals surface area contributed by atoms with Crippen LogP contribution < -0.4 is 10.0 Å². The first-order valence-corrected chi connectivity index (χ1v) is 9.44. The number of hydrogen-bond acceptors (Lipinski definition) is 4. The van der Waals surface area contributed by atoms with Crippen LogP contribution >= 0.6 is 11.6 Å². The molecule has 1 amide bonds. The van der Waals surface area contributed by atoms with Crippen LogP contribution in [0.2, 0.25) is 5.02 Å². The monoisotopic (exact) mass is 369 g/mol. The number of nitrogens with zero attached hydrogens (tertiary/aromatic N) is 1. The lowest BCUT2D eigenvalue weighted by Crippen LogP contribution is -2.34. The van der Waals surface area contributed by atoms with Crippen molar-refractivity contribution in [2.45, 2.75) is 33.2 Å². The van der Waals surface area contributed by atoms with E-state index in [1.165, 1.54) is 0 Å². The van der Waals surface area contributed by atoms with Crippen LogP contribution in [-0.4, -0.2) is 32.7 Å². The molecule has 0 fully saturated rings. The molecule has 0 bridgehead atoms. The molecule has 0 saturated carbocycles. The molecule has 6 nitrogen and oxygen atoms in total. The van der Waals surface area contributed by atoms with Crippen LogP contribution in [0.15, 0.2) is 34.8 Å². The molecule has 8 heteroatoms. The van der Waals surface area contributed by atoms with E-state index in [0.717, 1.165) is 6.42 Å². The van der Waals surface area contributed by atoms with Crippen LogP contribution in [0.1, 0.15) is 32.8 Å². The summed E-state index contributed by atoms with van der Waals surface area (Å²) in [5.74, 6) is -0.0527. The molecule has 1 aliphatic rings. The molecule has 0 aromatic heterocycles. The number of carbonyl (C=O) groups excluding carboxylic acids is 1. The van der Waals surface area contributed by atoms with Gasteiger partial charge in [-0.1, -0.05) is 30.7 Å². The van der Waals surface area contributed by atoms with Crippen molar-refractivity contribution in [1.29, 1.82) is 0 Å². The molecule has 2 rings (SSSR count). The van der Waals surface area contributed by atoms with Crippen LogP contribution in [0.4, 0.5) is 0 Å². The quantitative estimate of drug-likeness (QED) is 0.834. The maximum Gasteiger partial charge on any atom is 0.264 e. The first kappa shape index (κ1) is 18.5. The summed E-state index contributed by atoms with van der Waals surface area (Å²) in [5.41, 5.74) is 1.01. The highest BCUT2D eigenvalue weighted by Gasteiger charge is 2.32. The van der Waals surface area contributed by atoms with Crippen molar-refractivity contribution in [2.24, 2.45) is 4.99 Å². The fourth-order valence-electron chi connectivity index (χ4n) is 2.26. The smallest absolute Gasteiger partial charge is 0.264 e. The van der Waals surface area contributed by atoms with Gasteiger partial charge in [0.25, 0.3) is 10.0 Å². The number of sulfonamides is 1. The first-order chi connectivity index (χ1) is 11.2. The molecule has 0 saturated heterocycles. The molecule has 0 unspecified atom stereocenters. The third-order valence-electron chi connectivity index (χ3n) is 3.70. The van der Waals surface area contributed by atoms with Gasteiger partial charge in [-0.2, -0.15) is 0 Å². The molecule has 130 valence electrons. The van der Waals surface area contributed by atoms with Crippen molar-refractivity contribution < 1.29 is 13.2 Å². The summed E-state index contributed by atoms with van der Waals surface area (Å²) in [6, 6.07) is 6.58. The van der Waals surface area contributed by atoms with Crippen molar-refractivity contribution in [3.63, 3.8) is 0 Å². The van der Waals surface area contributed by atoms with E-state index in [2.05, 4.69) is 15.0 Å². The molecule has 1 aromatic rings. The third kappa shape index (κ3) is 4.15. The van der Waals surface area contributed by atoms with Crippen molar-refractivity contribution in [1.82, 2.24) is 10.0 Å². The zero-order chi connectivity index (χ0) is 17.9. The average molecular weight is 370 g/mol. The summed E-state index contributed by atoms with van der Waals surface area (Å²) >= 11 is 5.84. The number of amidine groups is 1. The van der Waals surface area contributed by atoms with Gasteiger partial charge in [0.05, 0.1) is 0 Å². The molecule has 0 spiro atoms. The highest BCUT2D eigenvalue weighted by molar-refractivity contribution is 8.00. The number of hydrogen-bond donors (Lipinski definition) is 2. The number of carbonyl (C=O) groups is 1. The average Bonchev–Trinajstić information content (AvgIpc) is 2.75. The van der Waals surface area contributed by atoms with Gasteiger partial charge < -0.3 is 5.32 Å². The van der Waals surface area contributed by atoms with E-state index in [1.807, 2.05) is 13.8 Å². The molecule has 0 radical (unpaired) electrons. The predicted octanol–water partition coefficient (Wildman–Crippen LogP) is 2.32. The van der Waals surface area contributed by atoms with Gasteiger partial charge in [-0.15, -0.1) is 0 Å². The van der Waals surface area contributed by atoms with E-state index in [9.17, 15) is 13.2 Å². The van der Waals surface area contributed by atoms with E-state index in [1.54, 1.807) is 31.2 Å². The minimum absolute atomic E-state index is 0.0548. The van der Waals surface area contributed by atoms with Crippen molar-refractivity contribution in [2.75, 3.05) is 6.54 Å². The Morgan fingerprint density at radius 3 is 2.54 bits per heavy atom. The van der Waals surface area contributed by atoms with Crippen LogP contribution in [0.25, 0.3) is 4.91 Å². The van der Waals surface area contributed by atoms with Crippen LogP contribution in [0, 0.1) is 0 Å². The second-order valence-electron chi connectivity index (χ2n) is 5.61. The Morgan fingerprint density at radius 1 is 1.33 bits per heavy atom. The van der Waals surface area contributed by atoms with Crippen molar-refractivity contribution >= 4 is 38.3 Å². The zero-order valence-corrected chi connectivity index (χ0v) is 15.3. The second-order valence-corrected chi connectivity index (χ2v) is 7.66. The van der Waals surface area contributed by atoms with Crippen LogP contribution in [0.3, 0.4) is 0 Å². The summed E-state index contributed by atoms with van der Waals surface area (Å²) in [7, 11) is -3.70. The number of halogens is 1. The lowest BCUT2D eigenvalue weighted by atomic mass is 10.1. The fraction of sp³-hybridized carbons (Fsp3) is 0.375. The van der Waals surface area contributed by atoms with Crippen LogP contribution in [-0.2, 0) is 14.8 Å². The Hall–Kier alpha value is -1.86. The van der Waals surface area contributed by atoms with E-state index in [-0.39, 0.29) is 29.2 Å². The largest absolute Gasteiger partial charge is 0.352 e. The molecule has 1 atom stereocenters. The molecule has 24 heavy (non-hydrogen) atoms. The number of benzene rings is 1. The van der Waals surface area contributed by atoms with Gasteiger partial charge in [0.15, 0.2) is 0 Å². The minimum atomic E-state index is -3.70. The van der Waals surface area contributed by atoms with E-state index in [0.29, 0.717) is 16.2 Å². The van der Waals surface area contributed by atoms with Gasteiger partial charge in [0.2, 0.25) is 5.91 Å². The van der Waals surface area contributed by atoms with Gasteiger partial charge in [-0.05, 0) is 38.0 Å². The van der Waals surface area contributed by atoms with Crippen LogP contribution in [0.5, 0.6) is 0 Å². The molecule has 1 heterocycles. The first-order valence-electron chi connectivity index (χ1n) is 7.58. The van der Waals surface area contributed by atoms with Gasteiger partial charge in [-0.25, -0.2) is 8.42 Å². The number of amides is 1. The Balaban J connectivity index is 2.26. The summed E-state index contributed by atoms with van der Waals surface area (Å²) in [4.78, 5) is 16.1. The zero-order valence-electron chi connectivity index (χ0n) is 13.8. The van der Waals surface area contributed by atoms with E-state index < -0.39 is 10.0 Å². The maximum absolute atomic E-state index is 12.4. The van der Waals surface area contributed by atoms with Gasteiger partial charge in [0.1, 0.15) is 17.3 Å². The summed E-state index contributed by atoms with van der Waals surface area (Å²) < 4.78 is 27.1. The highest BCUT2D eigenvalue weighted by atomic mass is 35.5. The SMILES string of the molecule is CC[C@H](C)NC(=O)CN=C1NS(=O)(=O)C(c2ccc(Cl)cc2)=C1C. The predicted molar refractivity (Wildman–Crippen MR) is 96.3 cm³/mol. The molecule has 1 aromatic carbocycles. The molecular formula is C16H20ClN3O3S. The summed E-state index contributed by atoms with van der Waals surface area (Å²) in [5, 5.41) is 3.31. The Kier molecular flexibility index (Phi) is 5.66. The van der Waals surface area contributed by atoms with Crippen molar-refractivity contribution in [3.8, 4) is 0 Å². The van der Waals surface area contributed by atoms with Gasteiger partial charge >= 0.3 is 0 Å². The Bertz CT molecular complexity index is 798. The third-order valence-corrected chi connectivity index (χ3v) is 5.50. The molecule has 0 aliphatic carbocycles. The van der Waals surface area contributed by atoms with E-state index in [4.69, 9.17) is 11.6 Å². The summed E-state index contributed by atoms with van der Waals surface area (Å²) in [6.07, 6.45) is 0.814. The summed E-state index contributed by atoms with van der Waals surface area (Å²) in [6.45, 7) is 5.39. The standard InChI is InChI=1S/C16H20ClN3O3S/c1-4-10(2)19-14(21)9-18-16-11(3)15(24(22,23)20-16)12-5-7-13(17)8-6-12/h5-8,10H,4,9H2,1-3H3,(H,18,20)(H,19,21)/t10-/m0/s1. The molecule has 1 aliphatic heterocycles. The number of aliphatic imine (C=N–C) groups is 1. The lowest BCUT2D eigenvalue weighted by molar-refractivity contribution is -0.120. The van der Waals surface area contributed by atoms with Crippen molar-refractivity contribution in [3.05, 3.63) is 40.4 Å². The number of nitrogens with one attached hydrogen (secondary N) is 2. The minimum Gasteiger partial charge on any atom is -0.352 e. The Morgan fingerprint density at radius 2 is 1.96 bits per heavy atom. The molecular weight excluding hydrogens is 350 g/mol. The van der Waals surface area contributed by atoms with Gasteiger partial charge in [0, 0.05) is 16.6 Å². The van der Waals surface area contributed by atoms with Gasteiger partial charge in [-0.3, -0.25) is 14.5 Å². The second kappa shape index (κ2) is 7.36. The Labute approximate surface area is 147 Å². The number of rotatable bonds is 5. The van der Waals surface area contributed by atoms with E-state index >= 15 is 0 Å². The normalized spacial score (nSPS) is 19.2.